The summed E-state index contributed by atoms with van der Waals surface area (Å²) in [6, 6.07) is 2.27. The maximum Gasteiger partial charge on any atom is 0.320 e. The van der Waals surface area contributed by atoms with Crippen molar-refractivity contribution in [3.8, 4) is 0 Å². The highest BCUT2D eigenvalue weighted by molar-refractivity contribution is 7.90. The van der Waals surface area contributed by atoms with E-state index in [9.17, 15) is 13.2 Å². The molecule has 1 rings (SSSR count). The van der Waals surface area contributed by atoms with Crippen LogP contribution in [0.15, 0.2) is 17.0 Å². The number of carbonyl (C=O) groups is 1. The van der Waals surface area contributed by atoms with Crippen LogP contribution in [-0.2, 0) is 14.8 Å². The zero-order chi connectivity index (χ0) is 18.5. The molecule has 0 heterocycles. The Bertz CT molecular complexity index is 731. The number of hydrogen-bond acceptors (Lipinski definition) is 5. The Morgan fingerprint density at radius 3 is 2.50 bits per heavy atom. The van der Waals surface area contributed by atoms with E-state index >= 15 is 0 Å². The highest BCUT2D eigenvalue weighted by atomic mass is 32.2. The summed E-state index contributed by atoms with van der Waals surface area (Å²) >= 11 is 0. The van der Waals surface area contributed by atoms with Crippen LogP contribution in [0.5, 0.6) is 0 Å². The summed E-state index contributed by atoms with van der Waals surface area (Å²) in [7, 11) is -3.85. The van der Waals surface area contributed by atoms with Gasteiger partial charge in [-0.15, -0.1) is 0 Å². The van der Waals surface area contributed by atoms with E-state index in [0.717, 1.165) is 11.1 Å². The Morgan fingerprint density at radius 2 is 1.92 bits per heavy atom. The minimum absolute atomic E-state index is 0.130. The summed E-state index contributed by atoms with van der Waals surface area (Å²) in [5, 5.41) is 18.9. The number of aryl methyl sites for hydroxylation is 1. The number of carboxylic acid groups (broad SMARTS) is 1. The smallest absolute Gasteiger partial charge is 0.320 e. The van der Waals surface area contributed by atoms with Gasteiger partial charge in [0.05, 0.1) is 4.90 Å². The molecule has 0 saturated carbocycles. The minimum atomic E-state index is -3.85. The first-order valence-electron chi connectivity index (χ1n) is 7.46. The van der Waals surface area contributed by atoms with E-state index in [1.54, 1.807) is 13.0 Å². The minimum Gasteiger partial charge on any atom is -0.480 e. The number of benzene rings is 1. The molecule has 8 nitrogen and oxygen atoms in total. The van der Waals surface area contributed by atoms with Gasteiger partial charge in [-0.05, 0) is 56.4 Å². The quantitative estimate of drug-likeness (QED) is 0.275. The summed E-state index contributed by atoms with van der Waals surface area (Å²) < 4.78 is 26.9. The SMILES string of the molecule is Cc1ccc(S(=O)(=O)NC(=N)NCCC[C@H](N)C(=O)O)c(C)c1C. The number of nitrogens with one attached hydrogen (secondary N) is 3. The van der Waals surface area contributed by atoms with Crippen molar-refractivity contribution in [2.75, 3.05) is 6.54 Å². The van der Waals surface area contributed by atoms with E-state index in [2.05, 4.69) is 10.0 Å². The summed E-state index contributed by atoms with van der Waals surface area (Å²) in [5.41, 5.74) is 7.89. The molecule has 1 atom stereocenters. The predicted molar refractivity (Wildman–Crippen MR) is 91.5 cm³/mol. The second-order valence-corrected chi connectivity index (χ2v) is 7.28. The zero-order valence-electron chi connectivity index (χ0n) is 14.0. The molecule has 134 valence electrons. The molecule has 0 bridgehead atoms. The first-order valence-corrected chi connectivity index (χ1v) is 8.95. The number of guanidine groups is 1. The lowest BCUT2D eigenvalue weighted by molar-refractivity contribution is -0.138. The van der Waals surface area contributed by atoms with Crippen LogP contribution in [0.1, 0.15) is 29.5 Å². The van der Waals surface area contributed by atoms with Gasteiger partial charge >= 0.3 is 5.97 Å². The lowest BCUT2D eigenvalue weighted by atomic mass is 10.1. The van der Waals surface area contributed by atoms with E-state index in [0.29, 0.717) is 12.0 Å². The number of aliphatic carboxylic acids is 1. The van der Waals surface area contributed by atoms with Gasteiger partial charge in [0, 0.05) is 6.54 Å². The number of nitrogens with two attached hydrogens (primary N) is 1. The second-order valence-electron chi connectivity index (χ2n) is 5.62. The lowest BCUT2D eigenvalue weighted by Gasteiger charge is -2.15. The van der Waals surface area contributed by atoms with E-state index in [1.807, 2.05) is 13.8 Å². The molecule has 0 spiro atoms. The standard InChI is InChI=1S/C15H24N4O4S/c1-9-6-7-13(11(3)10(9)2)24(22,23)19-15(17)18-8-4-5-12(16)14(20)21/h6-7,12H,4-5,8,16H2,1-3H3,(H,20,21)(H3,17,18,19)/t12-/m0/s1. The molecular weight excluding hydrogens is 332 g/mol. The average molecular weight is 356 g/mol. The number of carboxylic acids is 1. The summed E-state index contributed by atoms with van der Waals surface area (Å²) in [5.74, 6) is -1.45. The Balaban J connectivity index is 2.63. The van der Waals surface area contributed by atoms with Crippen molar-refractivity contribution < 1.29 is 18.3 Å². The molecule has 0 unspecified atom stereocenters. The number of rotatable bonds is 7. The van der Waals surface area contributed by atoms with Gasteiger partial charge in [-0.3, -0.25) is 10.2 Å². The highest BCUT2D eigenvalue weighted by Crippen LogP contribution is 2.21. The van der Waals surface area contributed by atoms with Gasteiger partial charge < -0.3 is 16.2 Å². The lowest BCUT2D eigenvalue weighted by Crippen LogP contribution is -2.41. The largest absolute Gasteiger partial charge is 0.480 e. The highest BCUT2D eigenvalue weighted by Gasteiger charge is 2.19. The Morgan fingerprint density at radius 1 is 1.29 bits per heavy atom. The van der Waals surface area contributed by atoms with Gasteiger partial charge in [-0.1, -0.05) is 6.07 Å². The van der Waals surface area contributed by atoms with E-state index in [-0.39, 0.29) is 23.8 Å². The number of sulfonamides is 1. The fraction of sp³-hybridized carbons (Fsp3) is 0.467. The molecule has 0 aromatic heterocycles. The Hall–Kier alpha value is -2.13. The van der Waals surface area contributed by atoms with Crippen LogP contribution < -0.4 is 15.8 Å². The number of hydrogen-bond donors (Lipinski definition) is 5. The van der Waals surface area contributed by atoms with E-state index < -0.39 is 22.0 Å². The van der Waals surface area contributed by atoms with Crippen LogP contribution in [0.4, 0.5) is 0 Å². The van der Waals surface area contributed by atoms with Crippen LogP contribution in [0.25, 0.3) is 0 Å². The molecule has 0 aliphatic rings. The van der Waals surface area contributed by atoms with Crippen molar-refractivity contribution in [2.24, 2.45) is 5.73 Å². The molecule has 0 saturated heterocycles. The predicted octanol–water partition coefficient (Wildman–Crippen LogP) is 0.607. The molecule has 9 heteroatoms. The van der Waals surface area contributed by atoms with Crippen LogP contribution in [0.2, 0.25) is 0 Å². The second kappa shape index (κ2) is 8.11. The fourth-order valence-electron chi connectivity index (χ4n) is 2.11. The van der Waals surface area contributed by atoms with Gasteiger partial charge in [0.25, 0.3) is 10.0 Å². The van der Waals surface area contributed by atoms with Crippen molar-refractivity contribution in [3.05, 3.63) is 28.8 Å². The summed E-state index contributed by atoms with van der Waals surface area (Å²) in [6.07, 6.45) is 0.638. The first kappa shape index (κ1) is 19.9. The van der Waals surface area contributed by atoms with Crippen molar-refractivity contribution in [1.82, 2.24) is 10.0 Å². The molecule has 1 aromatic rings. The third kappa shape index (κ3) is 5.20. The molecule has 1 aromatic carbocycles. The molecular formula is C15H24N4O4S. The van der Waals surface area contributed by atoms with Gasteiger partial charge in [0.15, 0.2) is 0 Å². The topological polar surface area (TPSA) is 145 Å². The third-order valence-corrected chi connectivity index (χ3v) is 5.34. The molecule has 0 amide bonds. The maximum atomic E-state index is 12.4. The molecule has 0 aliphatic heterocycles. The van der Waals surface area contributed by atoms with Crippen LogP contribution in [-0.4, -0.2) is 38.0 Å². The third-order valence-electron chi connectivity index (χ3n) is 3.85. The fourth-order valence-corrected chi connectivity index (χ4v) is 3.36. The van der Waals surface area contributed by atoms with Gasteiger partial charge in [-0.25, -0.2) is 13.1 Å². The zero-order valence-corrected chi connectivity index (χ0v) is 14.8. The Labute approximate surface area is 142 Å². The summed E-state index contributed by atoms with van der Waals surface area (Å²) in [6.45, 7) is 5.71. The monoisotopic (exact) mass is 356 g/mol. The van der Waals surface area contributed by atoms with Gasteiger partial charge in [0.1, 0.15) is 6.04 Å². The normalized spacial score (nSPS) is 12.5. The van der Waals surface area contributed by atoms with Crippen LogP contribution in [0.3, 0.4) is 0 Å². The average Bonchev–Trinajstić information content (AvgIpc) is 2.48. The van der Waals surface area contributed by atoms with Crippen molar-refractivity contribution >= 4 is 22.0 Å². The molecule has 0 fully saturated rings. The van der Waals surface area contributed by atoms with Crippen molar-refractivity contribution in [2.45, 2.75) is 44.6 Å². The van der Waals surface area contributed by atoms with E-state index in [4.69, 9.17) is 16.2 Å². The van der Waals surface area contributed by atoms with Crippen LogP contribution >= 0.6 is 0 Å². The van der Waals surface area contributed by atoms with E-state index in [1.165, 1.54) is 6.07 Å². The van der Waals surface area contributed by atoms with Crippen molar-refractivity contribution in [3.63, 3.8) is 0 Å². The van der Waals surface area contributed by atoms with Gasteiger partial charge in [-0.2, -0.15) is 0 Å². The molecule has 24 heavy (non-hydrogen) atoms. The molecule has 0 radical (unpaired) electrons. The van der Waals surface area contributed by atoms with Gasteiger partial charge in [0.2, 0.25) is 5.96 Å². The van der Waals surface area contributed by atoms with Crippen molar-refractivity contribution in [1.29, 1.82) is 5.41 Å². The first-order chi connectivity index (χ1) is 11.1. The summed E-state index contributed by atoms with van der Waals surface area (Å²) in [4.78, 5) is 10.7. The molecule has 6 N–H and O–H groups in total. The molecule has 0 aliphatic carbocycles. The maximum absolute atomic E-state index is 12.4. The Kier molecular flexibility index (Phi) is 6.73. The van der Waals surface area contributed by atoms with Crippen LogP contribution in [0, 0.1) is 26.2 Å².